The number of nitrogens with zero attached hydrogens (tertiary/aromatic N) is 2. The van der Waals surface area contributed by atoms with Crippen molar-refractivity contribution in [2.24, 2.45) is 0 Å². The van der Waals surface area contributed by atoms with Crippen molar-refractivity contribution >= 4 is 28.6 Å². The number of amides is 1. The summed E-state index contributed by atoms with van der Waals surface area (Å²) >= 11 is 1.07. The molecule has 0 saturated heterocycles. The topological polar surface area (TPSA) is 64.0 Å². The Bertz CT molecular complexity index is 1140. The third-order valence-corrected chi connectivity index (χ3v) is 5.95. The van der Waals surface area contributed by atoms with Crippen LogP contribution in [-0.2, 0) is 11.0 Å². The predicted octanol–water partition coefficient (Wildman–Crippen LogP) is 4.80. The van der Waals surface area contributed by atoms with Gasteiger partial charge in [-0.15, -0.1) is 0 Å². The molecule has 0 aliphatic rings. The molecule has 2 aromatic carbocycles. The number of hydrogen-bond acceptors (Lipinski definition) is 4. The first-order valence-corrected chi connectivity index (χ1v) is 10.8. The fraction of sp³-hybridized carbons (Fsp3) is 0.318. The Labute approximate surface area is 181 Å². The highest BCUT2D eigenvalue weighted by Gasteiger charge is 2.31. The molecule has 0 saturated carbocycles. The number of carbonyl (C=O) groups excluding carboxylic acids is 1. The molecule has 1 amide bonds. The number of alkyl halides is 3. The van der Waals surface area contributed by atoms with Crippen LogP contribution >= 0.6 is 11.8 Å². The second-order valence-electron chi connectivity index (χ2n) is 6.91. The lowest BCUT2D eigenvalue weighted by atomic mass is 10.2. The normalized spacial score (nSPS) is 12.7. The summed E-state index contributed by atoms with van der Waals surface area (Å²) in [6.07, 6.45) is -3.31. The van der Waals surface area contributed by atoms with Gasteiger partial charge in [0.2, 0.25) is 5.91 Å². The SMILES string of the molecule is CCCNC(=O)C(CC)Sc1nc2ccccc2c(=O)n1-c1cccc(C(F)(F)F)c1. The standard InChI is InChI=1S/C22H22F3N3O2S/c1-3-12-26-19(29)18(4-2)31-21-27-17-11-6-5-10-16(17)20(30)28(21)15-9-7-8-14(13-15)22(23,24)25/h5-11,13,18H,3-4,12H2,1-2H3,(H,26,29). The van der Waals surface area contributed by atoms with E-state index in [2.05, 4.69) is 10.3 Å². The van der Waals surface area contributed by atoms with Gasteiger partial charge in [0.15, 0.2) is 5.16 Å². The Balaban J connectivity index is 2.17. The number of carbonyl (C=O) groups is 1. The Morgan fingerprint density at radius 2 is 1.90 bits per heavy atom. The second-order valence-corrected chi connectivity index (χ2v) is 8.08. The number of nitrogens with one attached hydrogen (secondary N) is 1. The van der Waals surface area contributed by atoms with Gasteiger partial charge in [0.25, 0.3) is 5.56 Å². The van der Waals surface area contributed by atoms with Gasteiger partial charge in [-0.05, 0) is 43.2 Å². The first-order chi connectivity index (χ1) is 14.8. The van der Waals surface area contributed by atoms with Crippen molar-refractivity contribution in [3.8, 4) is 5.69 Å². The van der Waals surface area contributed by atoms with Crippen LogP contribution in [0.2, 0.25) is 0 Å². The summed E-state index contributed by atoms with van der Waals surface area (Å²) in [4.78, 5) is 30.3. The highest BCUT2D eigenvalue weighted by molar-refractivity contribution is 8.00. The molecule has 0 fully saturated rings. The molecule has 164 valence electrons. The monoisotopic (exact) mass is 449 g/mol. The van der Waals surface area contributed by atoms with Gasteiger partial charge < -0.3 is 5.32 Å². The molecule has 1 atom stereocenters. The molecular weight excluding hydrogens is 427 g/mol. The summed E-state index contributed by atoms with van der Waals surface area (Å²) in [5.74, 6) is -0.202. The Kier molecular flexibility index (Phi) is 7.04. The zero-order chi connectivity index (χ0) is 22.6. The summed E-state index contributed by atoms with van der Waals surface area (Å²) in [5, 5.41) is 2.73. The van der Waals surface area contributed by atoms with Crippen LogP contribution in [0.5, 0.6) is 0 Å². The van der Waals surface area contributed by atoms with Crippen LogP contribution in [0.15, 0.2) is 58.5 Å². The fourth-order valence-electron chi connectivity index (χ4n) is 3.05. The maximum atomic E-state index is 13.3. The van der Waals surface area contributed by atoms with Gasteiger partial charge in [0.1, 0.15) is 0 Å². The summed E-state index contributed by atoms with van der Waals surface area (Å²) in [5.41, 5.74) is -0.892. The molecule has 0 radical (unpaired) electrons. The smallest absolute Gasteiger partial charge is 0.355 e. The van der Waals surface area contributed by atoms with Crippen LogP contribution in [0.3, 0.4) is 0 Å². The highest BCUT2D eigenvalue weighted by atomic mass is 32.2. The van der Waals surface area contributed by atoms with Gasteiger partial charge in [-0.2, -0.15) is 13.2 Å². The quantitative estimate of drug-likeness (QED) is 0.416. The average Bonchev–Trinajstić information content (AvgIpc) is 2.75. The maximum absolute atomic E-state index is 13.3. The molecule has 1 N–H and O–H groups in total. The van der Waals surface area contributed by atoms with Crippen LogP contribution in [-0.4, -0.2) is 27.3 Å². The van der Waals surface area contributed by atoms with Crippen molar-refractivity contribution < 1.29 is 18.0 Å². The lowest BCUT2D eigenvalue weighted by Gasteiger charge is -2.18. The molecule has 1 aromatic heterocycles. The molecule has 3 aromatic rings. The van der Waals surface area contributed by atoms with E-state index in [-0.39, 0.29) is 22.1 Å². The Morgan fingerprint density at radius 3 is 2.58 bits per heavy atom. The van der Waals surface area contributed by atoms with Crippen molar-refractivity contribution in [3.63, 3.8) is 0 Å². The maximum Gasteiger partial charge on any atom is 0.416 e. The molecule has 31 heavy (non-hydrogen) atoms. The van der Waals surface area contributed by atoms with Gasteiger partial charge >= 0.3 is 6.18 Å². The van der Waals surface area contributed by atoms with Gasteiger partial charge in [0, 0.05) is 6.54 Å². The Morgan fingerprint density at radius 1 is 1.16 bits per heavy atom. The molecule has 1 heterocycles. The average molecular weight is 449 g/mol. The predicted molar refractivity (Wildman–Crippen MR) is 116 cm³/mol. The summed E-state index contributed by atoms with van der Waals surface area (Å²) < 4.78 is 40.9. The molecule has 9 heteroatoms. The number of benzene rings is 2. The van der Waals surface area contributed by atoms with E-state index in [1.54, 1.807) is 24.3 Å². The van der Waals surface area contributed by atoms with E-state index in [1.807, 2.05) is 13.8 Å². The summed E-state index contributed by atoms with van der Waals surface area (Å²) in [7, 11) is 0. The molecule has 0 aliphatic heterocycles. The van der Waals surface area contributed by atoms with E-state index in [0.717, 1.165) is 34.9 Å². The molecule has 0 aliphatic carbocycles. The van der Waals surface area contributed by atoms with E-state index in [1.165, 1.54) is 12.1 Å². The minimum absolute atomic E-state index is 0.0457. The zero-order valence-corrected chi connectivity index (χ0v) is 17.9. The van der Waals surface area contributed by atoms with E-state index in [4.69, 9.17) is 0 Å². The van der Waals surface area contributed by atoms with E-state index in [0.29, 0.717) is 18.5 Å². The van der Waals surface area contributed by atoms with E-state index >= 15 is 0 Å². The van der Waals surface area contributed by atoms with Crippen LogP contribution in [0, 0.1) is 0 Å². The van der Waals surface area contributed by atoms with Crippen LogP contribution in [0.25, 0.3) is 16.6 Å². The molecule has 3 rings (SSSR count). The summed E-state index contributed by atoms with van der Waals surface area (Å²) in [6.45, 7) is 4.28. The number of thioether (sulfide) groups is 1. The zero-order valence-electron chi connectivity index (χ0n) is 17.1. The fourth-order valence-corrected chi connectivity index (χ4v) is 4.11. The minimum atomic E-state index is -4.55. The van der Waals surface area contributed by atoms with Crippen molar-refractivity contribution in [2.45, 2.75) is 43.3 Å². The second kappa shape index (κ2) is 9.55. The summed E-state index contributed by atoms with van der Waals surface area (Å²) in [6, 6.07) is 11.2. The first-order valence-electron chi connectivity index (χ1n) is 9.90. The molecular formula is C22H22F3N3O2S. The van der Waals surface area contributed by atoms with Crippen LogP contribution < -0.4 is 10.9 Å². The van der Waals surface area contributed by atoms with Crippen molar-refractivity contribution in [1.82, 2.24) is 14.9 Å². The third-order valence-electron chi connectivity index (χ3n) is 4.64. The van der Waals surface area contributed by atoms with Crippen molar-refractivity contribution in [3.05, 3.63) is 64.4 Å². The van der Waals surface area contributed by atoms with Gasteiger partial charge in [-0.1, -0.05) is 43.8 Å². The number of halogens is 3. The highest BCUT2D eigenvalue weighted by Crippen LogP contribution is 2.32. The first kappa shape index (κ1) is 22.9. The molecule has 1 unspecified atom stereocenters. The van der Waals surface area contributed by atoms with Crippen molar-refractivity contribution in [1.29, 1.82) is 0 Å². The number of fused-ring (bicyclic) bond motifs is 1. The third kappa shape index (κ3) is 5.10. The number of aromatic nitrogens is 2. The minimum Gasteiger partial charge on any atom is -0.355 e. The van der Waals surface area contributed by atoms with Crippen LogP contribution in [0.1, 0.15) is 32.3 Å². The van der Waals surface area contributed by atoms with E-state index < -0.39 is 22.5 Å². The number of hydrogen-bond donors (Lipinski definition) is 1. The largest absolute Gasteiger partial charge is 0.416 e. The molecule has 0 bridgehead atoms. The lowest BCUT2D eigenvalue weighted by molar-refractivity contribution is -0.137. The van der Waals surface area contributed by atoms with Gasteiger partial charge in [-0.25, -0.2) is 4.98 Å². The van der Waals surface area contributed by atoms with Crippen LogP contribution in [0.4, 0.5) is 13.2 Å². The number of rotatable bonds is 7. The Hall–Kier alpha value is -2.81. The lowest BCUT2D eigenvalue weighted by Crippen LogP contribution is -2.33. The van der Waals surface area contributed by atoms with Crippen molar-refractivity contribution in [2.75, 3.05) is 6.54 Å². The van der Waals surface area contributed by atoms with Gasteiger partial charge in [-0.3, -0.25) is 14.2 Å². The molecule has 0 spiro atoms. The number of para-hydroxylation sites is 1. The molecule has 5 nitrogen and oxygen atoms in total. The van der Waals surface area contributed by atoms with E-state index in [9.17, 15) is 22.8 Å². The van der Waals surface area contributed by atoms with Gasteiger partial charge in [0.05, 0.1) is 27.4 Å².